The fourth-order valence-corrected chi connectivity index (χ4v) is 3.24. The van der Waals surface area contributed by atoms with E-state index >= 15 is 0 Å². The Hall–Kier alpha value is -2.38. The lowest BCUT2D eigenvalue weighted by Crippen LogP contribution is -2.51. The van der Waals surface area contributed by atoms with Crippen molar-refractivity contribution in [1.82, 2.24) is 19.9 Å². The van der Waals surface area contributed by atoms with Crippen LogP contribution in [0, 0.1) is 6.92 Å². The molecule has 1 aliphatic heterocycles. The van der Waals surface area contributed by atoms with Gasteiger partial charge >= 0.3 is 0 Å². The number of amides is 1. The van der Waals surface area contributed by atoms with Crippen molar-refractivity contribution in [3.63, 3.8) is 0 Å². The molecule has 0 aliphatic carbocycles. The van der Waals surface area contributed by atoms with Crippen LogP contribution in [0.1, 0.15) is 41.7 Å². The molecule has 1 saturated heterocycles. The number of benzene rings is 1. The fourth-order valence-electron chi connectivity index (χ4n) is 3.06. The van der Waals surface area contributed by atoms with Crippen molar-refractivity contribution in [1.29, 1.82) is 0 Å². The molecule has 4 rings (SSSR count). The van der Waals surface area contributed by atoms with Gasteiger partial charge in [-0.1, -0.05) is 16.8 Å². The summed E-state index contributed by atoms with van der Waals surface area (Å²) < 4.78 is 7.44. The van der Waals surface area contributed by atoms with Gasteiger partial charge in [0.1, 0.15) is 16.9 Å². The number of carbonyl (C=O) groups is 1. The van der Waals surface area contributed by atoms with Crippen LogP contribution in [0.5, 0.6) is 0 Å². The summed E-state index contributed by atoms with van der Waals surface area (Å²) in [6.07, 6.45) is 1.72. The van der Waals surface area contributed by atoms with Gasteiger partial charge in [-0.2, -0.15) is 0 Å². The molecule has 0 bridgehead atoms. The van der Waals surface area contributed by atoms with E-state index in [1.807, 2.05) is 6.92 Å². The quantitative estimate of drug-likeness (QED) is 0.762. The molecule has 1 N–H and O–H groups in total. The van der Waals surface area contributed by atoms with Crippen molar-refractivity contribution < 1.29 is 14.3 Å². The number of aliphatic hydroxyl groups is 1. The van der Waals surface area contributed by atoms with Crippen molar-refractivity contribution in [3.05, 3.63) is 46.4 Å². The van der Waals surface area contributed by atoms with Crippen molar-refractivity contribution in [2.24, 2.45) is 0 Å². The Bertz CT molecular complexity index is 996. The lowest BCUT2D eigenvalue weighted by Gasteiger charge is -2.38. The molecular formula is C18H19ClN4O3. The Balaban J connectivity index is 1.50. The number of carbonyl (C=O) groups excluding carboxylic acids is 1. The van der Waals surface area contributed by atoms with E-state index in [-0.39, 0.29) is 11.9 Å². The molecule has 3 aromatic rings. The highest BCUT2D eigenvalue weighted by molar-refractivity contribution is 6.31. The molecule has 0 saturated carbocycles. The number of likely N-dealkylation sites (tertiary alicyclic amines) is 1. The van der Waals surface area contributed by atoms with Crippen LogP contribution in [0.2, 0.25) is 5.02 Å². The Labute approximate surface area is 155 Å². The monoisotopic (exact) mass is 374 g/mol. The number of halogens is 1. The van der Waals surface area contributed by atoms with Crippen LogP contribution in [0.3, 0.4) is 0 Å². The predicted molar refractivity (Wildman–Crippen MR) is 96.2 cm³/mol. The Morgan fingerprint density at radius 3 is 2.77 bits per heavy atom. The summed E-state index contributed by atoms with van der Waals surface area (Å²) in [6.45, 7) is 6.22. The summed E-state index contributed by atoms with van der Waals surface area (Å²) in [5, 5.41) is 19.5. The minimum atomic E-state index is -1.04. The van der Waals surface area contributed by atoms with Gasteiger partial charge in [0.15, 0.2) is 5.76 Å². The van der Waals surface area contributed by atoms with Gasteiger partial charge in [-0.15, -0.1) is 5.10 Å². The standard InChI is InChI=1S/C18H19ClN4O3/c1-10-13-6-11(19)4-5-14(13)26-16(10)17(24)22-7-12(8-22)23-9-15(20-21-23)18(2,3)25/h4-6,9,12,25H,7-8H2,1-3H3. The van der Waals surface area contributed by atoms with E-state index in [0.29, 0.717) is 35.1 Å². The maximum atomic E-state index is 12.8. The van der Waals surface area contributed by atoms with Crippen LogP contribution >= 0.6 is 11.6 Å². The SMILES string of the molecule is Cc1c(C(=O)N2CC(n3cc(C(C)(C)O)nn3)C2)oc2ccc(Cl)cc12. The number of aromatic nitrogens is 3. The number of hydrogen-bond donors (Lipinski definition) is 1. The zero-order valence-electron chi connectivity index (χ0n) is 14.7. The second kappa shape index (κ2) is 5.82. The van der Waals surface area contributed by atoms with Gasteiger partial charge < -0.3 is 14.4 Å². The van der Waals surface area contributed by atoms with E-state index in [2.05, 4.69) is 10.3 Å². The van der Waals surface area contributed by atoms with Crippen molar-refractivity contribution in [2.45, 2.75) is 32.4 Å². The van der Waals surface area contributed by atoms with Gasteiger partial charge in [0.05, 0.1) is 12.2 Å². The maximum absolute atomic E-state index is 12.8. The first-order valence-electron chi connectivity index (χ1n) is 8.36. The molecule has 0 spiro atoms. The van der Waals surface area contributed by atoms with Gasteiger partial charge in [0.25, 0.3) is 5.91 Å². The highest BCUT2D eigenvalue weighted by atomic mass is 35.5. The molecule has 1 amide bonds. The minimum Gasteiger partial charge on any atom is -0.451 e. The first kappa shape index (κ1) is 17.1. The van der Waals surface area contributed by atoms with E-state index < -0.39 is 5.60 Å². The molecule has 26 heavy (non-hydrogen) atoms. The van der Waals surface area contributed by atoms with Crippen molar-refractivity contribution >= 4 is 28.5 Å². The largest absolute Gasteiger partial charge is 0.451 e. The van der Waals surface area contributed by atoms with Crippen LogP contribution in [-0.4, -0.2) is 44.0 Å². The molecular weight excluding hydrogens is 356 g/mol. The molecule has 7 nitrogen and oxygen atoms in total. The molecule has 1 aromatic carbocycles. The Morgan fingerprint density at radius 1 is 1.38 bits per heavy atom. The Kier molecular flexibility index (Phi) is 3.82. The molecule has 3 heterocycles. The summed E-state index contributed by atoms with van der Waals surface area (Å²) in [4.78, 5) is 14.5. The zero-order valence-corrected chi connectivity index (χ0v) is 15.5. The summed E-state index contributed by atoms with van der Waals surface area (Å²) in [5.41, 5.74) is 0.913. The van der Waals surface area contributed by atoms with E-state index in [1.54, 1.807) is 47.8 Å². The highest BCUT2D eigenvalue weighted by Gasteiger charge is 2.36. The smallest absolute Gasteiger partial charge is 0.290 e. The third-order valence-electron chi connectivity index (χ3n) is 4.75. The number of fused-ring (bicyclic) bond motifs is 1. The number of furan rings is 1. The molecule has 0 unspecified atom stereocenters. The third-order valence-corrected chi connectivity index (χ3v) is 4.99. The topological polar surface area (TPSA) is 84.4 Å². The molecule has 1 fully saturated rings. The lowest BCUT2D eigenvalue weighted by molar-refractivity contribution is 0.0466. The number of hydrogen-bond acceptors (Lipinski definition) is 5. The number of aryl methyl sites for hydroxylation is 1. The third kappa shape index (κ3) is 2.77. The molecule has 136 valence electrons. The highest BCUT2D eigenvalue weighted by Crippen LogP contribution is 2.31. The first-order chi connectivity index (χ1) is 12.2. The molecule has 0 radical (unpaired) electrons. The van der Waals surface area contributed by atoms with Gasteiger partial charge in [-0.25, -0.2) is 4.68 Å². The van der Waals surface area contributed by atoms with E-state index in [0.717, 1.165) is 10.9 Å². The number of rotatable bonds is 3. The van der Waals surface area contributed by atoms with E-state index in [1.165, 1.54) is 0 Å². The normalized spacial score (nSPS) is 15.5. The van der Waals surface area contributed by atoms with Crippen LogP contribution in [0.4, 0.5) is 0 Å². The second-order valence-electron chi connectivity index (χ2n) is 7.20. The lowest BCUT2D eigenvalue weighted by atomic mass is 10.1. The van der Waals surface area contributed by atoms with Crippen LogP contribution in [-0.2, 0) is 5.60 Å². The summed E-state index contributed by atoms with van der Waals surface area (Å²) in [5.74, 6) is 0.199. The van der Waals surface area contributed by atoms with Gasteiger partial charge in [-0.05, 0) is 39.0 Å². The Morgan fingerprint density at radius 2 is 2.12 bits per heavy atom. The minimum absolute atomic E-state index is 0.0432. The van der Waals surface area contributed by atoms with Gasteiger partial charge in [0.2, 0.25) is 0 Å². The summed E-state index contributed by atoms with van der Waals surface area (Å²) in [6, 6.07) is 5.36. The van der Waals surface area contributed by atoms with Crippen LogP contribution < -0.4 is 0 Å². The van der Waals surface area contributed by atoms with Crippen molar-refractivity contribution in [3.8, 4) is 0 Å². The molecule has 2 aromatic heterocycles. The molecule has 8 heteroatoms. The average molecular weight is 375 g/mol. The zero-order chi connectivity index (χ0) is 18.6. The predicted octanol–water partition coefficient (Wildman–Crippen LogP) is 2.91. The van der Waals surface area contributed by atoms with Gasteiger partial charge in [0, 0.05) is 29.1 Å². The maximum Gasteiger partial charge on any atom is 0.290 e. The van der Waals surface area contributed by atoms with Crippen molar-refractivity contribution in [2.75, 3.05) is 13.1 Å². The second-order valence-corrected chi connectivity index (χ2v) is 7.64. The first-order valence-corrected chi connectivity index (χ1v) is 8.74. The number of nitrogens with zero attached hydrogens (tertiary/aromatic N) is 4. The molecule has 1 aliphatic rings. The van der Waals surface area contributed by atoms with E-state index in [9.17, 15) is 9.90 Å². The molecule has 0 atom stereocenters. The fraction of sp³-hybridized carbons (Fsp3) is 0.389. The average Bonchev–Trinajstić information content (AvgIpc) is 3.12. The summed E-state index contributed by atoms with van der Waals surface area (Å²) in [7, 11) is 0. The van der Waals surface area contributed by atoms with E-state index in [4.69, 9.17) is 16.0 Å². The summed E-state index contributed by atoms with van der Waals surface area (Å²) >= 11 is 6.03. The van der Waals surface area contributed by atoms with Crippen LogP contribution in [0.15, 0.2) is 28.8 Å². The van der Waals surface area contributed by atoms with Gasteiger partial charge in [-0.3, -0.25) is 4.79 Å². The van der Waals surface area contributed by atoms with Crippen LogP contribution in [0.25, 0.3) is 11.0 Å².